The summed E-state index contributed by atoms with van der Waals surface area (Å²) in [6.07, 6.45) is 3.91. The summed E-state index contributed by atoms with van der Waals surface area (Å²) in [6, 6.07) is 0. The summed E-state index contributed by atoms with van der Waals surface area (Å²) in [7, 11) is 0. The summed E-state index contributed by atoms with van der Waals surface area (Å²) >= 11 is 0. The zero-order valence-corrected chi connectivity index (χ0v) is 12.4. The Hall–Kier alpha value is -0.0800. The van der Waals surface area contributed by atoms with Gasteiger partial charge in [-0.15, -0.1) is 0 Å². The number of hydrogen-bond acceptors (Lipinski definition) is 2. The lowest BCUT2D eigenvalue weighted by Crippen LogP contribution is -2.40. The van der Waals surface area contributed by atoms with Crippen LogP contribution in [0.3, 0.4) is 0 Å². The maximum Gasteiger partial charge on any atom is 0.0468 e. The number of nitrogens with one attached hydrogen (secondary N) is 1. The zero-order valence-electron chi connectivity index (χ0n) is 12.4. The Bertz CT molecular complexity index is 203. The molecule has 1 fully saturated rings. The predicted octanol–water partition coefficient (Wildman–Crippen LogP) is 3.46. The minimum absolute atomic E-state index is 0.243. The minimum Gasteiger partial charge on any atom is -0.381 e. The van der Waals surface area contributed by atoms with Gasteiger partial charge in [0.25, 0.3) is 0 Å². The van der Waals surface area contributed by atoms with E-state index >= 15 is 0 Å². The second-order valence-electron chi connectivity index (χ2n) is 6.88. The van der Waals surface area contributed by atoms with Crippen molar-refractivity contribution in [3.05, 3.63) is 0 Å². The van der Waals surface area contributed by atoms with E-state index in [1.807, 2.05) is 0 Å². The molecular weight excluding hydrogens is 210 g/mol. The Labute approximate surface area is 108 Å². The Morgan fingerprint density at radius 2 is 1.71 bits per heavy atom. The van der Waals surface area contributed by atoms with Gasteiger partial charge in [0.1, 0.15) is 0 Å². The summed E-state index contributed by atoms with van der Waals surface area (Å²) in [6.45, 7) is 14.6. The van der Waals surface area contributed by atoms with Crippen LogP contribution in [0.1, 0.15) is 53.9 Å². The molecule has 0 spiro atoms. The fourth-order valence-electron chi connectivity index (χ4n) is 2.41. The lowest BCUT2D eigenvalue weighted by molar-refractivity contribution is 0.0563. The van der Waals surface area contributed by atoms with Crippen LogP contribution in [0.25, 0.3) is 0 Å². The van der Waals surface area contributed by atoms with Crippen molar-refractivity contribution in [2.45, 2.75) is 59.4 Å². The molecule has 1 heterocycles. The quantitative estimate of drug-likeness (QED) is 0.796. The highest BCUT2D eigenvalue weighted by Gasteiger charge is 2.21. The first-order valence-electron chi connectivity index (χ1n) is 7.21. The molecule has 17 heavy (non-hydrogen) atoms. The van der Waals surface area contributed by atoms with Crippen molar-refractivity contribution < 1.29 is 4.74 Å². The average molecular weight is 241 g/mol. The van der Waals surface area contributed by atoms with E-state index in [0.29, 0.717) is 0 Å². The molecular formula is C15H31NO. The van der Waals surface area contributed by atoms with Crippen molar-refractivity contribution in [2.24, 2.45) is 17.8 Å². The van der Waals surface area contributed by atoms with Crippen LogP contribution in [0.15, 0.2) is 0 Å². The van der Waals surface area contributed by atoms with E-state index in [9.17, 15) is 0 Å². The molecule has 2 nitrogen and oxygen atoms in total. The van der Waals surface area contributed by atoms with Gasteiger partial charge in [0.15, 0.2) is 0 Å². The van der Waals surface area contributed by atoms with Gasteiger partial charge < -0.3 is 10.1 Å². The molecule has 2 unspecified atom stereocenters. The van der Waals surface area contributed by atoms with Crippen LogP contribution in [-0.2, 0) is 4.74 Å². The van der Waals surface area contributed by atoms with Gasteiger partial charge in [-0.25, -0.2) is 0 Å². The van der Waals surface area contributed by atoms with E-state index in [0.717, 1.165) is 37.5 Å². The third-order valence-electron chi connectivity index (χ3n) is 3.97. The van der Waals surface area contributed by atoms with Crippen LogP contribution in [0, 0.1) is 17.8 Å². The smallest absolute Gasteiger partial charge is 0.0468 e. The van der Waals surface area contributed by atoms with Crippen molar-refractivity contribution in [1.29, 1.82) is 0 Å². The topological polar surface area (TPSA) is 21.3 Å². The third kappa shape index (κ3) is 6.42. The summed E-state index contributed by atoms with van der Waals surface area (Å²) in [5.41, 5.74) is 0.243. The molecule has 2 atom stereocenters. The summed E-state index contributed by atoms with van der Waals surface area (Å²) < 4.78 is 5.42. The predicted molar refractivity (Wildman–Crippen MR) is 74.2 cm³/mol. The van der Waals surface area contributed by atoms with Crippen LogP contribution in [0.4, 0.5) is 0 Å². The van der Waals surface area contributed by atoms with Gasteiger partial charge in [-0.2, -0.15) is 0 Å². The normalized spacial score (nSPS) is 22.4. The van der Waals surface area contributed by atoms with Gasteiger partial charge in [0, 0.05) is 18.8 Å². The van der Waals surface area contributed by atoms with Gasteiger partial charge in [-0.1, -0.05) is 13.8 Å². The standard InChI is InChI=1S/C15H31NO/c1-12(10-14-6-8-17-9-7-14)13(2)11-16-15(3,4)5/h12-14,16H,6-11H2,1-5H3. The van der Waals surface area contributed by atoms with Crippen molar-refractivity contribution in [1.82, 2.24) is 5.32 Å². The molecule has 0 aliphatic carbocycles. The Balaban J connectivity index is 2.23. The molecule has 1 aliphatic rings. The fraction of sp³-hybridized carbons (Fsp3) is 1.00. The Morgan fingerprint density at radius 1 is 1.12 bits per heavy atom. The summed E-state index contributed by atoms with van der Waals surface area (Å²) in [5.74, 6) is 2.47. The van der Waals surface area contributed by atoms with Gasteiger partial charge in [-0.05, 0) is 64.3 Å². The second kappa shape index (κ2) is 6.75. The van der Waals surface area contributed by atoms with E-state index in [1.54, 1.807) is 0 Å². The first kappa shape index (κ1) is 15.0. The summed E-state index contributed by atoms with van der Waals surface area (Å²) in [5, 5.41) is 3.62. The molecule has 1 rings (SSSR count). The third-order valence-corrected chi connectivity index (χ3v) is 3.97. The van der Waals surface area contributed by atoms with E-state index in [1.165, 1.54) is 19.3 Å². The van der Waals surface area contributed by atoms with Crippen LogP contribution in [0.5, 0.6) is 0 Å². The van der Waals surface area contributed by atoms with Crippen molar-refractivity contribution in [2.75, 3.05) is 19.8 Å². The Morgan fingerprint density at radius 3 is 2.24 bits per heavy atom. The molecule has 0 amide bonds. The molecule has 0 bridgehead atoms. The second-order valence-corrected chi connectivity index (χ2v) is 6.88. The lowest BCUT2D eigenvalue weighted by atomic mass is 9.83. The highest BCUT2D eigenvalue weighted by atomic mass is 16.5. The van der Waals surface area contributed by atoms with Crippen molar-refractivity contribution >= 4 is 0 Å². The minimum atomic E-state index is 0.243. The molecule has 0 aromatic carbocycles. The van der Waals surface area contributed by atoms with Gasteiger partial charge in [-0.3, -0.25) is 0 Å². The van der Waals surface area contributed by atoms with E-state index < -0.39 is 0 Å². The van der Waals surface area contributed by atoms with Gasteiger partial charge in [0.2, 0.25) is 0 Å². The SMILES string of the molecule is CC(CNC(C)(C)C)C(C)CC1CCOCC1. The van der Waals surface area contributed by atoms with E-state index in [2.05, 4.69) is 39.9 Å². The zero-order chi connectivity index (χ0) is 12.9. The molecule has 102 valence electrons. The molecule has 1 N–H and O–H groups in total. The number of ether oxygens (including phenoxy) is 1. The highest BCUT2D eigenvalue weighted by molar-refractivity contribution is 4.76. The fourth-order valence-corrected chi connectivity index (χ4v) is 2.41. The first-order valence-corrected chi connectivity index (χ1v) is 7.21. The Kier molecular flexibility index (Phi) is 5.94. The lowest BCUT2D eigenvalue weighted by Gasteiger charge is -2.30. The molecule has 0 aromatic rings. The molecule has 0 saturated carbocycles. The van der Waals surface area contributed by atoms with Crippen LogP contribution in [0.2, 0.25) is 0 Å². The van der Waals surface area contributed by atoms with Crippen LogP contribution >= 0.6 is 0 Å². The monoisotopic (exact) mass is 241 g/mol. The molecule has 0 aromatic heterocycles. The van der Waals surface area contributed by atoms with Crippen molar-refractivity contribution in [3.63, 3.8) is 0 Å². The molecule has 2 heteroatoms. The molecule has 0 radical (unpaired) electrons. The number of hydrogen-bond donors (Lipinski definition) is 1. The maximum absolute atomic E-state index is 5.42. The highest BCUT2D eigenvalue weighted by Crippen LogP contribution is 2.26. The van der Waals surface area contributed by atoms with E-state index in [4.69, 9.17) is 4.74 Å². The number of rotatable bonds is 5. The van der Waals surface area contributed by atoms with Gasteiger partial charge >= 0.3 is 0 Å². The average Bonchev–Trinajstić information content (AvgIpc) is 2.26. The molecule has 1 aliphatic heterocycles. The summed E-state index contributed by atoms with van der Waals surface area (Å²) in [4.78, 5) is 0. The van der Waals surface area contributed by atoms with Crippen LogP contribution < -0.4 is 5.32 Å². The van der Waals surface area contributed by atoms with Gasteiger partial charge in [0.05, 0.1) is 0 Å². The van der Waals surface area contributed by atoms with Crippen LogP contribution in [-0.4, -0.2) is 25.3 Å². The van der Waals surface area contributed by atoms with Crippen molar-refractivity contribution in [3.8, 4) is 0 Å². The first-order chi connectivity index (χ1) is 7.88. The van der Waals surface area contributed by atoms with E-state index in [-0.39, 0.29) is 5.54 Å². The maximum atomic E-state index is 5.42. The molecule has 1 saturated heterocycles. The largest absolute Gasteiger partial charge is 0.381 e.